The summed E-state index contributed by atoms with van der Waals surface area (Å²) in [6.07, 6.45) is 18.4. The number of carbonyl (C=O) groups excluding carboxylic acids is 2. The minimum atomic E-state index is -1.07. The summed E-state index contributed by atoms with van der Waals surface area (Å²) in [5.74, 6) is -1.70. The average molecular weight is 442 g/mol. The van der Waals surface area contributed by atoms with Gasteiger partial charge in [0.25, 0.3) is 0 Å². The second-order valence-corrected chi connectivity index (χ2v) is 8.51. The third-order valence-electron chi connectivity index (χ3n) is 5.53. The number of amides is 2. The third-order valence-corrected chi connectivity index (χ3v) is 5.53. The number of hydrogen-bond acceptors (Lipinski definition) is 4. The molecule has 0 unspecified atom stereocenters. The molecule has 0 aromatic heterocycles. The lowest BCUT2D eigenvalue weighted by atomic mass is 10.0. The lowest BCUT2D eigenvalue weighted by Crippen LogP contribution is -2.45. The van der Waals surface area contributed by atoms with Crippen LogP contribution in [0.3, 0.4) is 0 Å². The molecule has 0 bridgehead atoms. The van der Waals surface area contributed by atoms with E-state index in [4.69, 9.17) is 10.8 Å². The van der Waals surface area contributed by atoms with Gasteiger partial charge in [-0.15, -0.1) is 0 Å². The van der Waals surface area contributed by atoms with Crippen molar-refractivity contribution in [3.8, 4) is 0 Å². The summed E-state index contributed by atoms with van der Waals surface area (Å²) < 4.78 is 0. The second kappa shape index (κ2) is 21.6. The van der Waals surface area contributed by atoms with Crippen molar-refractivity contribution in [2.75, 3.05) is 13.1 Å². The summed E-state index contributed by atoms with van der Waals surface area (Å²) in [4.78, 5) is 34.9. The normalized spacial score (nSPS) is 11.8. The van der Waals surface area contributed by atoms with Crippen LogP contribution < -0.4 is 16.4 Å². The zero-order valence-electron chi connectivity index (χ0n) is 19.8. The Morgan fingerprint density at radius 3 is 1.74 bits per heavy atom. The summed E-state index contributed by atoms with van der Waals surface area (Å²) in [5.41, 5.74) is 5.40. The quantitative estimate of drug-likeness (QED) is 0.187. The van der Waals surface area contributed by atoms with E-state index < -0.39 is 17.9 Å². The van der Waals surface area contributed by atoms with Gasteiger partial charge in [0.2, 0.25) is 11.8 Å². The lowest BCUT2D eigenvalue weighted by Gasteiger charge is -2.14. The Morgan fingerprint density at radius 2 is 1.26 bits per heavy atom. The van der Waals surface area contributed by atoms with E-state index in [2.05, 4.69) is 17.6 Å². The molecule has 182 valence electrons. The molecule has 0 heterocycles. The zero-order chi connectivity index (χ0) is 23.2. The van der Waals surface area contributed by atoms with Crippen LogP contribution >= 0.6 is 0 Å². The molecule has 2 amide bonds. The molecule has 7 heteroatoms. The fourth-order valence-corrected chi connectivity index (χ4v) is 3.57. The van der Waals surface area contributed by atoms with Crippen molar-refractivity contribution in [3.63, 3.8) is 0 Å². The number of carbonyl (C=O) groups is 3. The van der Waals surface area contributed by atoms with Gasteiger partial charge in [-0.2, -0.15) is 0 Å². The molecule has 0 aliphatic carbocycles. The predicted octanol–water partition coefficient (Wildman–Crippen LogP) is 4.28. The van der Waals surface area contributed by atoms with Crippen molar-refractivity contribution in [2.45, 2.75) is 122 Å². The van der Waals surface area contributed by atoms with Gasteiger partial charge >= 0.3 is 5.97 Å². The molecule has 0 spiro atoms. The maximum atomic E-state index is 11.9. The van der Waals surface area contributed by atoms with Crippen molar-refractivity contribution in [3.05, 3.63) is 0 Å². The van der Waals surface area contributed by atoms with Gasteiger partial charge in [0, 0.05) is 6.42 Å². The third kappa shape index (κ3) is 20.0. The highest BCUT2D eigenvalue weighted by molar-refractivity contribution is 5.87. The van der Waals surface area contributed by atoms with Gasteiger partial charge in [-0.3, -0.25) is 9.59 Å². The van der Waals surface area contributed by atoms with Gasteiger partial charge in [-0.1, -0.05) is 84.0 Å². The molecule has 0 saturated carbocycles. The molecule has 31 heavy (non-hydrogen) atoms. The second-order valence-electron chi connectivity index (χ2n) is 8.51. The summed E-state index contributed by atoms with van der Waals surface area (Å²) in [5, 5.41) is 14.2. The number of hydrogen-bond donors (Lipinski definition) is 4. The fourth-order valence-electron chi connectivity index (χ4n) is 3.57. The maximum absolute atomic E-state index is 11.9. The van der Waals surface area contributed by atoms with Gasteiger partial charge in [0.15, 0.2) is 0 Å². The number of rotatable bonds is 22. The minimum absolute atomic E-state index is 0.159. The van der Waals surface area contributed by atoms with E-state index in [1.807, 2.05) is 0 Å². The Kier molecular flexibility index (Phi) is 20.5. The van der Waals surface area contributed by atoms with E-state index in [-0.39, 0.29) is 12.5 Å². The monoisotopic (exact) mass is 441 g/mol. The number of carboxylic acid groups (broad SMARTS) is 1. The van der Waals surface area contributed by atoms with E-state index in [9.17, 15) is 14.4 Å². The molecule has 0 aromatic rings. The molecule has 0 saturated heterocycles. The fraction of sp³-hybridized carbons (Fsp3) is 0.875. The summed E-state index contributed by atoms with van der Waals surface area (Å²) >= 11 is 0. The van der Waals surface area contributed by atoms with E-state index in [1.165, 1.54) is 64.2 Å². The Labute approximate surface area is 189 Å². The van der Waals surface area contributed by atoms with Crippen molar-refractivity contribution in [1.29, 1.82) is 0 Å². The van der Waals surface area contributed by atoms with Crippen LogP contribution in [0.25, 0.3) is 0 Å². The van der Waals surface area contributed by atoms with Crippen LogP contribution in [0.1, 0.15) is 116 Å². The summed E-state index contributed by atoms with van der Waals surface area (Å²) in [7, 11) is 0. The standard InChI is InChI=1S/C24H47N3O4/c1-2-3-4-5-6-7-8-9-10-11-12-13-14-18-22(28)26-20-23(29)27-21(24(30)31)17-15-16-19-25/h21H,2-20,25H2,1H3,(H,26,28)(H,27,29)(H,30,31)/t21-/m0/s1. The summed E-state index contributed by atoms with van der Waals surface area (Å²) in [6, 6.07) is -0.933. The molecule has 0 aliphatic heterocycles. The van der Waals surface area contributed by atoms with Gasteiger partial charge in [0.1, 0.15) is 6.04 Å². The van der Waals surface area contributed by atoms with Crippen molar-refractivity contribution in [1.82, 2.24) is 10.6 Å². The smallest absolute Gasteiger partial charge is 0.326 e. The highest BCUT2D eigenvalue weighted by atomic mass is 16.4. The van der Waals surface area contributed by atoms with E-state index in [0.29, 0.717) is 25.8 Å². The number of aliphatic carboxylic acids is 1. The first-order chi connectivity index (χ1) is 15.0. The maximum Gasteiger partial charge on any atom is 0.326 e. The first-order valence-corrected chi connectivity index (χ1v) is 12.5. The van der Waals surface area contributed by atoms with Gasteiger partial charge < -0.3 is 21.5 Å². The molecule has 1 atom stereocenters. The summed E-state index contributed by atoms with van der Waals surface area (Å²) in [6.45, 7) is 2.56. The molecule has 0 fully saturated rings. The van der Waals surface area contributed by atoms with Crippen LogP contribution in [0.4, 0.5) is 0 Å². The average Bonchev–Trinajstić information content (AvgIpc) is 2.74. The van der Waals surface area contributed by atoms with Crippen LogP contribution in [0.2, 0.25) is 0 Å². The number of nitrogens with two attached hydrogens (primary N) is 1. The highest BCUT2D eigenvalue weighted by Gasteiger charge is 2.19. The zero-order valence-corrected chi connectivity index (χ0v) is 19.8. The first kappa shape index (κ1) is 29.4. The SMILES string of the molecule is CCCCCCCCCCCCCCCC(=O)NCC(=O)N[C@@H](CCCCN)C(=O)O. The Hall–Kier alpha value is -1.63. The van der Waals surface area contributed by atoms with Gasteiger partial charge in [-0.25, -0.2) is 4.79 Å². The van der Waals surface area contributed by atoms with Gasteiger partial charge in [0.05, 0.1) is 6.54 Å². The molecular formula is C24H47N3O4. The molecule has 0 rings (SSSR count). The van der Waals surface area contributed by atoms with Crippen molar-refractivity contribution >= 4 is 17.8 Å². The largest absolute Gasteiger partial charge is 0.480 e. The molecule has 0 aliphatic rings. The minimum Gasteiger partial charge on any atom is -0.480 e. The lowest BCUT2D eigenvalue weighted by molar-refractivity contribution is -0.142. The molecule has 0 radical (unpaired) electrons. The van der Waals surface area contributed by atoms with Crippen LogP contribution in [-0.2, 0) is 14.4 Å². The van der Waals surface area contributed by atoms with Crippen molar-refractivity contribution in [2.24, 2.45) is 5.73 Å². The van der Waals surface area contributed by atoms with E-state index in [1.54, 1.807) is 0 Å². The first-order valence-electron chi connectivity index (χ1n) is 12.5. The molecule has 5 N–H and O–H groups in total. The Bertz CT molecular complexity index is 472. The Balaban J connectivity index is 3.58. The number of carboxylic acids is 1. The van der Waals surface area contributed by atoms with Crippen LogP contribution in [-0.4, -0.2) is 42.0 Å². The van der Waals surface area contributed by atoms with E-state index >= 15 is 0 Å². The van der Waals surface area contributed by atoms with Crippen LogP contribution in [0.15, 0.2) is 0 Å². The van der Waals surface area contributed by atoms with Crippen molar-refractivity contribution < 1.29 is 19.5 Å². The molecular weight excluding hydrogens is 394 g/mol. The molecule has 7 nitrogen and oxygen atoms in total. The predicted molar refractivity (Wildman–Crippen MR) is 126 cm³/mol. The van der Waals surface area contributed by atoms with E-state index in [0.717, 1.165) is 25.7 Å². The highest BCUT2D eigenvalue weighted by Crippen LogP contribution is 2.12. The number of nitrogens with one attached hydrogen (secondary N) is 2. The molecule has 0 aromatic carbocycles. The van der Waals surface area contributed by atoms with Gasteiger partial charge in [-0.05, 0) is 32.2 Å². The number of unbranched alkanes of at least 4 members (excludes halogenated alkanes) is 13. The topological polar surface area (TPSA) is 122 Å². The van der Waals surface area contributed by atoms with Crippen LogP contribution in [0.5, 0.6) is 0 Å². The van der Waals surface area contributed by atoms with Crippen LogP contribution in [0, 0.1) is 0 Å². The Morgan fingerprint density at radius 1 is 0.742 bits per heavy atom.